The summed E-state index contributed by atoms with van der Waals surface area (Å²) in [7, 11) is 0. The van der Waals surface area contributed by atoms with Crippen LogP contribution in [0.25, 0.3) is 0 Å². The van der Waals surface area contributed by atoms with Gasteiger partial charge in [0.15, 0.2) is 0 Å². The minimum atomic E-state index is -4.57. The molecule has 2 aromatic rings. The Morgan fingerprint density at radius 2 is 1.79 bits per heavy atom. The third kappa shape index (κ3) is 3.56. The van der Waals surface area contributed by atoms with Gasteiger partial charge >= 0.3 is 6.18 Å². The molecule has 2 aliphatic heterocycles. The Morgan fingerprint density at radius 1 is 1.07 bits per heavy atom. The van der Waals surface area contributed by atoms with Gasteiger partial charge in [-0.3, -0.25) is 9.69 Å². The van der Waals surface area contributed by atoms with Crippen LogP contribution in [-0.2, 0) is 6.18 Å². The zero-order chi connectivity index (χ0) is 20.8. The number of hydrogen-bond donors (Lipinski definition) is 2. The highest BCUT2D eigenvalue weighted by molar-refractivity contribution is 6.04. The SMILES string of the molecule is O=C1c2ccc(C(F)(F)F)cc2N(c2ccc(F)cc2)CN1C1=CNC(O)C=C1. The van der Waals surface area contributed by atoms with Crippen molar-refractivity contribution in [3.8, 4) is 0 Å². The zero-order valence-corrected chi connectivity index (χ0v) is 14.8. The zero-order valence-electron chi connectivity index (χ0n) is 14.8. The maximum Gasteiger partial charge on any atom is 0.416 e. The van der Waals surface area contributed by atoms with Crippen molar-refractivity contribution in [1.29, 1.82) is 0 Å². The molecule has 1 unspecified atom stereocenters. The van der Waals surface area contributed by atoms with E-state index in [1.54, 1.807) is 0 Å². The minimum absolute atomic E-state index is 0.0778. The van der Waals surface area contributed by atoms with Crippen LogP contribution in [0.5, 0.6) is 0 Å². The number of allylic oxidation sites excluding steroid dienone is 1. The van der Waals surface area contributed by atoms with Gasteiger partial charge in [-0.1, -0.05) is 0 Å². The molecule has 0 saturated heterocycles. The number of fused-ring (bicyclic) bond motifs is 1. The molecule has 29 heavy (non-hydrogen) atoms. The average molecular weight is 405 g/mol. The summed E-state index contributed by atoms with van der Waals surface area (Å²) in [5.41, 5.74) is 0.136. The highest BCUT2D eigenvalue weighted by atomic mass is 19.4. The van der Waals surface area contributed by atoms with Crippen LogP contribution in [-0.4, -0.2) is 28.8 Å². The van der Waals surface area contributed by atoms with Crippen molar-refractivity contribution >= 4 is 17.3 Å². The fourth-order valence-corrected chi connectivity index (χ4v) is 3.21. The van der Waals surface area contributed by atoms with Gasteiger partial charge in [0, 0.05) is 11.9 Å². The Balaban J connectivity index is 1.82. The molecule has 0 bridgehead atoms. The van der Waals surface area contributed by atoms with Gasteiger partial charge in [0.1, 0.15) is 18.7 Å². The number of halogens is 4. The first-order valence-corrected chi connectivity index (χ1v) is 8.63. The number of aliphatic hydroxyl groups excluding tert-OH is 1. The number of rotatable bonds is 2. The van der Waals surface area contributed by atoms with E-state index in [2.05, 4.69) is 5.32 Å². The van der Waals surface area contributed by atoms with Gasteiger partial charge in [-0.05, 0) is 54.6 Å². The number of carbonyl (C=O) groups is 1. The van der Waals surface area contributed by atoms with E-state index in [9.17, 15) is 27.5 Å². The number of hydrogen-bond acceptors (Lipinski definition) is 4. The van der Waals surface area contributed by atoms with Gasteiger partial charge in [0.25, 0.3) is 5.91 Å². The summed E-state index contributed by atoms with van der Waals surface area (Å²) in [6.45, 7) is -0.0906. The highest BCUT2D eigenvalue weighted by Crippen LogP contribution is 2.39. The molecule has 9 heteroatoms. The summed E-state index contributed by atoms with van der Waals surface area (Å²) < 4.78 is 53.0. The standard InChI is InChI=1S/C20H15F4N3O2/c21-13-2-4-14(5-3-13)26-11-27(15-6-8-18(28)25-10-15)19(29)16-7-1-12(9-17(16)26)20(22,23)24/h1-10,18,25,28H,11H2. The number of anilines is 2. The molecule has 1 amide bonds. The summed E-state index contributed by atoms with van der Waals surface area (Å²) in [5.74, 6) is -0.972. The first-order valence-electron chi connectivity index (χ1n) is 8.63. The Kier molecular flexibility index (Phi) is 4.54. The van der Waals surface area contributed by atoms with Crippen LogP contribution in [0.3, 0.4) is 0 Å². The van der Waals surface area contributed by atoms with Crippen LogP contribution in [0.2, 0.25) is 0 Å². The van der Waals surface area contributed by atoms with Crippen LogP contribution < -0.4 is 10.2 Å². The molecular formula is C20H15F4N3O2. The van der Waals surface area contributed by atoms with Gasteiger partial charge in [0.2, 0.25) is 0 Å². The second-order valence-electron chi connectivity index (χ2n) is 6.55. The van der Waals surface area contributed by atoms with Crippen LogP contribution in [0.4, 0.5) is 28.9 Å². The molecule has 0 spiro atoms. The smallest absolute Gasteiger partial charge is 0.370 e. The van der Waals surface area contributed by atoms with Gasteiger partial charge < -0.3 is 15.3 Å². The number of dihydropyridines is 1. The van der Waals surface area contributed by atoms with Crippen molar-refractivity contribution in [2.45, 2.75) is 12.4 Å². The van der Waals surface area contributed by atoms with E-state index in [1.807, 2.05) is 0 Å². The van der Waals surface area contributed by atoms with Crippen molar-refractivity contribution in [3.05, 3.63) is 83.5 Å². The molecule has 0 fully saturated rings. The van der Waals surface area contributed by atoms with E-state index in [4.69, 9.17) is 0 Å². The van der Waals surface area contributed by atoms with Crippen molar-refractivity contribution in [3.63, 3.8) is 0 Å². The molecule has 0 radical (unpaired) electrons. The number of benzene rings is 2. The lowest BCUT2D eigenvalue weighted by Crippen LogP contribution is -2.45. The van der Waals surface area contributed by atoms with Gasteiger partial charge in [-0.15, -0.1) is 0 Å². The summed E-state index contributed by atoms with van der Waals surface area (Å²) in [6.07, 6.45) is -1.04. The summed E-state index contributed by atoms with van der Waals surface area (Å²) in [4.78, 5) is 15.8. The predicted molar refractivity (Wildman–Crippen MR) is 97.4 cm³/mol. The van der Waals surface area contributed by atoms with Crippen LogP contribution >= 0.6 is 0 Å². The van der Waals surface area contributed by atoms with Crippen molar-refractivity contribution in [2.24, 2.45) is 0 Å². The maximum atomic E-state index is 13.4. The van der Waals surface area contributed by atoms with Gasteiger partial charge in [0.05, 0.1) is 22.5 Å². The Labute approximate surface area is 163 Å². The van der Waals surface area contributed by atoms with E-state index in [0.717, 1.165) is 18.2 Å². The van der Waals surface area contributed by atoms with Crippen molar-refractivity contribution in [1.82, 2.24) is 10.2 Å². The van der Waals surface area contributed by atoms with Crippen molar-refractivity contribution < 1.29 is 27.5 Å². The summed E-state index contributed by atoms with van der Waals surface area (Å²) in [6, 6.07) is 8.17. The number of amides is 1. The Bertz CT molecular complexity index is 1020. The fraction of sp³-hybridized carbons (Fsp3) is 0.150. The molecule has 5 nitrogen and oxygen atoms in total. The molecule has 2 heterocycles. The number of alkyl halides is 3. The average Bonchev–Trinajstić information content (AvgIpc) is 2.69. The first kappa shape index (κ1) is 19.0. The van der Waals surface area contributed by atoms with Crippen LogP contribution in [0.15, 0.2) is 66.5 Å². The fourth-order valence-electron chi connectivity index (χ4n) is 3.21. The van der Waals surface area contributed by atoms with E-state index in [1.165, 1.54) is 52.4 Å². The molecule has 0 aromatic heterocycles. The lowest BCUT2D eigenvalue weighted by atomic mass is 10.0. The lowest BCUT2D eigenvalue weighted by molar-refractivity contribution is -0.137. The monoisotopic (exact) mass is 405 g/mol. The number of nitrogens with one attached hydrogen (secondary N) is 1. The predicted octanol–water partition coefficient (Wildman–Crippen LogP) is 3.72. The number of aliphatic hydroxyl groups is 1. The number of carbonyl (C=O) groups excluding carboxylic acids is 1. The van der Waals surface area contributed by atoms with E-state index >= 15 is 0 Å². The minimum Gasteiger partial charge on any atom is -0.370 e. The first-order chi connectivity index (χ1) is 13.7. The van der Waals surface area contributed by atoms with Crippen LogP contribution in [0.1, 0.15) is 15.9 Å². The largest absolute Gasteiger partial charge is 0.416 e. The van der Waals surface area contributed by atoms with E-state index < -0.39 is 29.7 Å². The van der Waals surface area contributed by atoms with Gasteiger partial charge in [-0.2, -0.15) is 13.2 Å². The third-order valence-corrected chi connectivity index (χ3v) is 4.68. The maximum absolute atomic E-state index is 13.4. The second-order valence-corrected chi connectivity index (χ2v) is 6.55. The second kappa shape index (κ2) is 6.93. The van der Waals surface area contributed by atoms with E-state index in [-0.39, 0.29) is 17.9 Å². The normalized spacial score (nSPS) is 19.0. The molecule has 2 N–H and O–H groups in total. The molecule has 150 valence electrons. The van der Waals surface area contributed by atoms with E-state index in [0.29, 0.717) is 11.4 Å². The number of nitrogens with zero attached hydrogens (tertiary/aromatic N) is 2. The lowest BCUT2D eigenvalue weighted by Gasteiger charge is -2.39. The molecule has 4 rings (SSSR count). The quantitative estimate of drug-likeness (QED) is 0.748. The van der Waals surface area contributed by atoms with Crippen molar-refractivity contribution in [2.75, 3.05) is 11.6 Å². The van der Waals surface area contributed by atoms with Gasteiger partial charge in [-0.25, -0.2) is 4.39 Å². The van der Waals surface area contributed by atoms with Crippen LogP contribution in [0, 0.1) is 5.82 Å². The Hall–Kier alpha value is -3.33. The molecule has 2 aromatic carbocycles. The Morgan fingerprint density at radius 3 is 2.41 bits per heavy atom. The highest BCUT2D eigenvalue weighted by Gasteiger charge is 2.36. The molecule has 0 saturated carbocycles. The molecule has 0 aliphatic carbocycles. The summed E-state index contributed by atoms with van der Waals surface area (Å²) in [5, 5.41) is 12.2. The third-order valence-electron chi connectivity index (χ3n) is 4.68. The summed E-state index contributed by atoms with van der Waals surface area (Å²) >= 11 is 0. The topological polar surface area (TPSA) is 55.8 Å². The molecule has 2 aliphatic rings. The molecular weight excluding hydrogens is 390 g/mol. The molecule has 1 atom stereocenters.